The number of rotatable bonds is 8. The molecule has 0 bridgehead atoms. The number of hydrogen-bond acceptors (Lipinski definition) is 8. The van der Waals surface area contributed by atoms with Crippen LogP contribution in [0, 0.1) is 10.8 Å². The molecule has 0 atom stereocenters. The second-order valence-electron chi connectivity index (χ2n) is 12.8. The molecule has 2 saturated carbocycles. The zero-order valence-electron chi connectivity index (χ0n) is 29.7. The van der Waals surface area contributed by atoms with E-state index in [4.69, 9.17) is 24.8 Å². The van der Waals surface area contributed by atoms with Crippen LogP contribution in [0.15, 0.2) is 29.3 Å². The Morgan fingerprint density at radius 2 is 1.49 bits per heavy atom. The van der Waals surface area contributed by atoms with E-state index in [2.05, 4.69) is 10.2 Å². The molecule has 2 heterocycles. The topological polar surface area (TPSA) is 138 Å². The van der Waals surface area contributed by atoms with Gasteiger partial charge in [0.15, 0.2) is 0 Å². The molecule has 0 spiro atoms. The van der Waals surface area contributed by atoms with Crippen LogP contribution in [0.4, 0.5) is 9.59 Å². The summed E-state index contributed by atoms with van der Waals surface area (Å²) in [6, 6.07) is 2.82. The van der Waals surface area contributed by atoms with Gasteiger partial charge >= 0.3 is 12.2 Å². The maximum absolute atomic E-state index is 11.8. The second-order valence-corrected chi connectivity index (χ2v) is 12.8. The normalized spacial score (nSPS) is 18.5. The molecule has 0 radical (unpaired) electrons. The Morgan fingerprint density at radius 1 is 0.951 bits per heavy atom. The van der Waals surface area contributed by atoms with Crippen LogP contribution in [0.3, 0.4) is 0 Å². The van der Waals surface area contributed by atoms with Crippen LogP contribution in [0.5, 0.6) is 5.88 Å². The molecule has 0 saturated heterocycles. The monoisotopic (exact) mass is 582 g/mol. The molecule has 2 aromatic heterocycles. The minimum Gasteiger partial charge on any atom is -0.477 e. The maximum Gasteiger partial charge on any atom is 0.435 e. The Morgan fingerprint density at radius 3 is 1.95 bits per heavy atom. The summed E-state index contributed by atoms with van der Waals surface area (Å²) in [6.45, 7) is 14.7. The minimum atomic E-state index is -1.24. The van der Waals surface area contributed by atoms with E-state index < -0.39 is 36.1 Å². The van der Waals surface area contributed by atoms with Crippen LogP contribution in [0.1, 0.15) is 112 Å². The number of nitrogens with one attached hydrogen (secondary N) is 1. The van der Waals surface area contributed by atoms with Crippen molar-refractivity contribution in [3.63, 3.8) is 0 Å². The largest absolute Gasteiger partial charge is 0.477 e. The number of aliphatic hydroxyl groups excluding tert-OH is 1. The molecule has 2 aliphatic carbocycles. The molecule has 0 aromatic carbocycles. The Kier molecular flexibility index (Phi) is 9.72. The van der Waals surface area contributed by atoms with Crippen LogP contribution < -0.4 is 10.3 Å². The standard InChI is InChI=1S/C15H24N2O3.C8H12N2O3.C7H14O/c1-14(2,3)20-13(18)17-10-6-12(16-17)19-11-5-7-15(4)8-9-15;1-8(2,3)13-7(12)10-5-4-6(11)9-10;1-7(4-5-7)3-2-6-8/h6,10H,5,7-9,11H2,1-4H3;4-5H,1-3H3,(H,9,11);8H,2-6H2,1H3/i7D2;;3D2. The third kappa shape index (κ3) is 14.4. The van der Waals surface area contributed by atoms with Gasteiger partial charge in [0.2, 0.25) is 5.88 Å². The van der Waals surface area contributed by atoms with Crippen molar-refractivity contribution in [2.45, 2.75) is 118 Å². The second kappa shape index (κ2) is 14.2. The predicted octanol–water partition coefficient (Wildman–Crippen LogP) is 6.14. The van der Waals surface area contributed by atoms with Gasteiger partial charge in [0.25, 0.3) is 5.56 Å². The molecule has 4 rings (SSSR count). The zero-order chi connectivity index (χ0) is 34.5. The number of H-pyrrole nitrogens is 1. The first-order valence-corrected chi connectivity index (χ1v) is 14.0. The number of aromatic amines is 1. The van der Waals surface area contributed by atoms with Crippen LogP contribution >= 0.6 is 0 Å². The summed E-state index contributed by atoms with van der Waals surface area (Å²) < 4.78 is 48.9. The van der Waals surface area contributed by atoms with Crippen molar-refractivity contribution in [1.82, 2.24) is 19.6 Å². The van der Waals surface area contributed by atoms with Crippen molar-refractivity contribution in [2.75, 3.05) is 13.2 Å². The SMILES string of the molecule is CC(C)(C)OC(=O)n1ccc(=O)[nH]1.[2H]C([2H])(CCO)C1(C)CC1.[2H]C([2H])(CCOc1ccn(C(=O)OC(C)(C)C)n1)C1(C)CC1. The van der Waals surface area contributed by atoms with Gasteiger partial charge in [-0.3, -0.25) is 9.89 Å². The molecule has 2 fully saturated rings. The Balaban J connectivity index is 0.000000259. The third-order valence-corrected chi connectivity index (χ3v) is 5.91. The highest BCUT2D eigenvalue weighted by Gasteiger charge is 2.36. The van der Waals surface area contributed by atoms with Crippen LogP contribution in [-0.2, 0) is 9.47 Å². The van der Waals surface area contributed by atoms with Gasteiger partial charge in [-0.15, -0.1) is 5.10 Å². The van der Waals surface area contributed by atoms with Crippen molar-refractivity contribution in [3.05, 3.63) is 34.9 Å². The Bertz CT molecular complexity index is 1330. The number of ether oxygens (including phenoxy) is 3. The van der Waals surface area contributed by atoms with Crippen LogP contribution in [-0.4, -0.2) is 61.3 Å². The highest BCUT2D eigenvalue weighted by molar-refractivity contribution is 5.70. The quantitative estimate of drug-likeness (QED) is 0.378. The fourth-order valence-corrected chi connectivity index (χ4v) is 3.14. The number of aliphatic hydroxyl groups is 1. The molecular formula is C30H50N4O7. The van der Waals surface area contributed by atoms with E-state index >= 15 is 0 Å². The van der Waals surface area contributed by atoms with Crippen molar-refractivity contribution in [3.8, 4) is 5.88 Å². The fourth-order valence-electron chi connectivity index (χ4n) is 3.14. The molecule has 2 aromatic rings. The van der Waals surface area contributed by atoms with Gasteiger partial charge in [-0.2, -0.15) is 9.36 Å². The van der Waals surface area contributed by atoms with Crippen molar-refractivity contribution in [1.29, 1.82) is 0 Å². The van der Waals surface area contributed by atoms with Crippen molar-refractivity contribution < 1.29 is 34.4 Å². The highest BCUT2D eigenvalue weighted by Crippen LogP contribution is 2.49. The average Bonchev–Trinajstić information content (AvgIpc) is 3.70. The fraction of sp³-hybridized carbons (Fsp3) is 0.733. The lowest BCUT2D eigenvalue weighted by molar-refractivity contribution is 0.0502. The Hall–Kier alpha value is -3.08. The number of carbonyl (C=O) groups is 2. The van der Waals surface area contributed by atoms with Crippen molar-refractivity contribution >= 4 is 12.2 Å². The minimum absolute atomic E-state index is 0.0391. The number of hydrogen-bond donors (Lipinski definition) is 2. The molecule has 11 nitrogen and oxygen atoms in total. The van der Waals surface area contributed by atoms with Gasteiger partial charge in [-0.25, -0.2) is 9.59 Å². The lowest BCUT2D eigenvalue weighted by Gasteiger charge is -2.18. The lowest BCUT2D eigenvalue weighted by Crippen LogP contribution is -2.28. The summed E-state index contributed by atoms with van der Waals surface area (Å²) in [5.41, 5.74) is -1.81. The summed E-state index contributed by atoms with van der Waals surface area (Å²) in [5, 5.41) is 14.8. The summed E-state index contributed by atoms with van der Waals surface area (Å²) >= 11 is 0. The maximum atomic E-state index is 11.8. The first-order valence-electron chi connectivity index (χ1n) is 16.0. The first kappa shape index (κ1) is 28.1. The average molecular weight is 583 g/mol. The summed E-state index contributed by atoms with van der Waals surface area (Å²) in [4.78, 5) is 33.7. The van der Waals surface area contributed by atoms with Gasteiger partial charge in [-0.05, 0) is 104 Å². The number of nitrogens with zero attached hydrogens (tertiary/aromatic N) is 3. The van der Waals surface area contributed by atoms with Gasteiger partial charge in [0.1, 0.15) is 11.2 Å². The Labute approximate surface area is 249 Å². The van der Waals surface area contributed by atoms with Crippen molar-refractivity contribution in [2.24, 2.45) is 10.8 Å². The van der Waals surface area contributed by atoms with Gasteiger partial charge in [0.05, 0.1) is 6.61 Å². The third-order valence-electron chi connectivity index (χ3n) is 5.91. The molecular weight excluding hydrogens is 528 g/mol. The first-order chi connectivity index (χ1) is 20.4. The van der Waals surface area contributed by atoms with Gasteiger partial charge in [-0.1, -0.05) is 13.8 Å². The molecule has 232 valence electrons. The molecule has 11 heteroatoms. The predicted molar refractivity (Wildman–Crippen MR) is 156 cm³/mol. The zero-order valence-corrected chi connectivity index (χ0v) is 25.7. The summed E-state index contributed by atoms with van der Waals surface area (Å²) in [7, 11) is 0. The summed E-state index contributed by atoms with van der Waals surface area (Å²) in [6.07, 6.45) is 3.64. The van der Waals surface area contributed by atoms with E-state index in [1.165, 1.54) is 18.5 Å². The molecule has 2 N–H and O–H groups in total. The van der Waals surface area contributed by atoms with E-state index in [9.17, 15) is 14.4 Å². The molecule has 2 aliphatic rings. The van der Waals surface area contributed by atoms with E-state index in [1.54, 1.807) is 47.6 Å². The molecule has 0 aliphatic heterocycles. The highest BCUT2D eigenvalue weighted by atomic mass is 16.6. The van der Waals surface area contributed by atoms with Crippen LogP contribution in [0.2, 0.25) is 0 Å². The van der Waals surface area contributed by atoms with Gasteiger partial charge < -0.3 is 19.3 Å². The van der Waals surface area contributed by atoms with E-state index in [0.29, 0.717) is 12.3 Å². The van der Waals surface area contributed by atoms with E-state index in [-0.39, 0.29) is 36.0 Å². The molecule has 41 heavy (non-hydrogen) atoms. The summed E-state index contributed by atoms with van der Waals surface area (Å²) in [5.74, 6) is 0.294. The van der Waals surface area contributed by atoms with E-state index in [1.807, 2.05) is 13.8 Å². The number of aromatic nitrogens is 4. The smallest absolute Gasteiger partial charge is 0.435 e. The lowest BCUT2D eigenvalue weighted by atomic mass is 10.0. The molecule has 0 amide bonds. The molecule has 0 unspecified atom stereocenters. The van der Waals surface area contributed by atoms with Crippen LogP contribution in [0.25, 0.3) is 0 Å². The number of carbonyl (C=O) groups excluding carboxylic acids is 2. The van der Waals surface area contributed by atoms with Gasteiger partial charge in [0, 0.05) is 36.6 Å². The van der Waals surface area contributed by atoms with E-state index in [0.717, 1.165) is 35.0 Å².